The number of aromatic nitrogens is 7. The third-order valence-corrected chi connectivity index (χ3v) is 12.2. The first-order valence-corrected chi connectivity index (χ1v) is 21.8. The van der Waals surface area contributed by atoms with Crippen molar-refractivity contribution < 1.29 is 48.3 Å². The molecule has 4 heterocycles. The van der Waals surface area contributed by atoms with E-state index in [1.165, 1.54) is 54.2 Å². The SMILES string of the molecule is Cn1nc(NS(C)(=O)=O)c2c(Cl)ccc(-n3c([C@H](Cc4cc(F)cc(F)c4)NC(=O)Cn4nc(C(F)F)c5c4C(F)(F)[C@@H]4C[C@H]54)nc4cc(-c5cccc(C(C)(F)F)n5)ccc4c3=O)c21. The molecule has 2 N–H and O–H groups in total. The van der Waals surface area contributed by atoms with Gasteiger partial charge in [-0.25, -0.2) is 35.9 Å². The van der Waals surface area contributed by atoms with Crippen LogP contribution >= 0.6 is 11.6 Å². The van der Waals surface area contributed by atoms with Crippen molar-refractivity contribution in [2.75, 3.05) is 11.0 Å². The lowest BCUT2D eigenvalue weighted by molar-refractivity contribution is -0.123. The second kappa shape index (κ2) is 15.4. The number of alkyl halides is 6. The lowest BCUT2D eigenvalue weighted by Crippen LogP contribution is -2.38. The van der Waals surface area contributed by atoms with Crippen molar-refractivity contribution in [3.05, 3.63) is 128 Å². The van der Waals surface area contributed by atoms with Crippen molar-refractivity contribution in [3.8, 4) is 16.9 Å². The number of anilines is 1. The second-order valence-corrected chi connectivity index (χ2v) is 18.2. The molecule has 0 saturated heterocycles. The fourth-order valence-corrected chi connectivity index (χ4v) is 9.32. The molecule has 0 spiro atoms. The first-order chi connectivity index (χ1) is 30.5. The summed E-state index contributed by atoms with van der Waals surface area (Å²) in [7, 11) is -2.55. The third-order valence-electron chi connectivity index (χ3n) is 11.3. The molecule has 0 aliphatic heterocycles. The third kappa shape index (κ3) is 7.84. The fourth-order valence-electron chi connectivity index (χ4n) is 8.58. The zero-order valence-corrected chi connectivity index (χ0v) is 35.4. The van der Waals surface area contributed by atoms with Crippen molar-refractivity contribution in [1.82, 2.24) is 39.4 Å². The van der Waals surface area contributed by atoms with E-state index in [9.17, 15) is 39.6 Å². The predicted octanol–water partition coefficient (Wildman–Crippen LogP) is 8.19. The summed E-state index contributed by atoms with van der Waals surface area (Å²) in [5, 5.41) is 10.5. The Morgan fingerprint density at radius 1 is 1.02 bits per heavy atom. The second-order valence-electron chi connectivity index (χ2n) is 16.1. The van der Waals surface area contributed by atoms with Gasteiger partial charge in [-0.3, -0.25) is 28.2 Å². The largest absolute Gasteiger partial charge is 0.344 e. The van der Waals surface area contributed by atoms with Crippen LogP contribution in [0.2, 0.25) is 5.02 Å². The molecule has 0 radical (unpaired) electrons. The van der Waals surface area contributed by atoms with Crippen LogP contribution in [0.5, 0.6) is 0 Å². The predicted molar refractivity (Wildman–Crippen MR) is 221 cm³/mol. The van der Waals surface area contributed by atoms with Crippen LogP contribution in [0, 0.1) is 17.6 Å². The van der Waals surface area contributed by atoms with Crippen molar-refractivity contribution in [2.24, 2.45) is 13.0 Å². The number of amides is 1. The fraction of sp³-hybridized carbons (Fsp3) is 0.286. The number of carbonyl (C=O) groups excluding carboxylic acids is 1. The molecule has 4 aromatic heterocycles. The number of carbonyl (C=O) groups is 1. The van der Waals surface area contributed by atoms with Gasteiger partial charge in [-0.1, -0.05) is 23.7 Å². The molecular formula is C42H32ClF8N9O4S. The van der Waals surface area contributed by atoms with E-state index in [4.69, 9.17) is 16.6 Å². The number of sulfonamides is 1. The molecule has 13 nitrogen and oxygen atoms in total. The van der Waals surface area contributed by atoms with E-state index in [1.54, 1.807) is 0 Å². The maximum atomic E-state index is 15.5. The van der Waals surface area contributed by atoms with Gasteiger partial charge in [-0.2, -0.15) is 27.8 Å². The Morgan fingerprint density at radius 2 is 1.74 bits per heavy atom. The lowest BCUT2D eigenvalue weighted by Gasteiger charge is -2.24. The molecule has 0 unspecified atom stereocenters. The monoisotopic (exact) mass is 945 g/mol. The Morgan fingerprint density at radius 3 is 2.42 bits per heavy atom. The Labute approximate surface area is 367 Å². The molecule has 2 aliphatic carbocycles. The van der Waals surface area contributed by atoms with Gasteiger partial charge in [0.1, 0.15) is 41.1 Å². The number of nitrogens with zero attached hydrogens (tertiary/aromatic N) is 7. The van der Waals surface area contributed by atoms with Gasteiger partial charge in [0.15, 0.2) is 5.82 Å². The summed E-state index contributed by atoms with van der Waals surface area (Å²) in [6.07, 6.45) is -2.96. The normalized spacial score (nSPS) is 17.1. The first-order valence-electron chi connectivity index (χ1n) is 19.6. The molecular weight excluding hydrogens is 914 g/mol. The van der Waals surface area contributed by atoms with Gasteiger partial charge >= 0.3 is 0 Å². The molecule has 9 rings (SSSR count). The summed E-state index contributed by atoms with van der Waals surface area (Å²) in [5.41, 5.74) is -3.41. The van der Waals surface area contributed by atoms with Crippen LogP contribution in [0.3, 0.4) is 0 Å². The average molecular weight is 946 g/mol. The molecule has 23 heteroatoms. The van der Waals surface area contributed by atoms with Crippen LogP contribution < -0.4 is 15.6 Å². The highest BCUT2D eigenvalue weighted by atomic mass is 35.5. The van der Waals surface area contributed by atoms with Crippen LogP contribution in [-0.2, 0) is 46.7 Å². The van der Waals surface area contributed by atoms with Gasteiger partial charge in [-0.15, -0.1) is 0 Å². The van der Waals surface area contributed by atoms with Gasteiger partial charge < -0.3 is 5.32 Å². The lowest BCUT2D eigenvalue weighted by atomic mass is 10.0. The number of rotatable bonds is 12. The van der Waals surface area contributed by atoms with Crippen molar-refractivity contribution in [3.63, 3.8) is 0 Å². The van der Waals surface area contributed by atoms with Crippen LogP contribution in [-0.4, -0.2) is 54.7 Å². The smallest absolute Gasteiger partial charge is 0.293 e. The van der Waals surface area contributed by atoms with Crippen LogP contribution in [0.15, 0.2) is 71.5 Å². The Kier molecular flexibility index (Phi) is 10.3. The summed E-state index contributed by atoms with van der Waals surface area (Å²) in [5.74, 6) is -12.8. The highest BCUT2D eigenvalue weighted by Gasteiger charge is 2.67. The highest BCUT2D eigenvalue weighted by Crippen LogP contribution is 2.68. The number of fused-ring (bicyclic) bond motifs is 5. The molecule has 3 aromatic carbocycles. The molecule has 338 valence electrons. The number of halogens is 9. The maximum absolute atomic E-state index is 15.5. The Balaban J connectivity index is 1.26. The van der Waals surface area contributed by atoms with Gasteiger partial charge in [0.2, 0.25) is 15.9 Å². The molecule has 3 atom stereocenters. The number of nitrogens with one attached hydrogen (secondary N) is 2. The first kappa shape index (κ1) is 43.8. The molecule has 0 bridgehead atoms. The number of hydrogen-bond donors (Lipinski definition) is 2. The molecule has 1 fully saturated rings. The average Bonchev–Trinajstić information content (AvgIpc) is 3.75. The minimum Gasteiger partial charge on any atom is -0.344 e. The summed E-state index contributed by atoms with van der Waals surface area (Å²) >= 11 is 6.61. The van der Waals surface area contributed by atoms with E-state index in [1.807, 2.05) is 0 Å². The van der Waals surface area contributed by atoms with Gasteiger partial charge in [0.25, 0.3) is 23.8 Å². The van der Waals surface area contributed by atoms with E-state index in [2.05, 4.69) is 25.2 Å². The minimum absolute atomic E-state index is 0.0122. The number of pyridine rings is 1. The number of benzene rings is 3. The Hall–Kier alpha value is -6.42. The maximum Gasteiger partial charge on any atom is 0.293 e. The molecule has 1 saturated carbocycles. The topological polar surface area (TPSA) is 159 Å². The van der Waals surface area contributed by atoms with Crippen LogP contribution in [0.25, 0.3) is 38.8 Å². The van der Waals surface area contributed by atoms with Crippen molar-refractivity contribution in [2.45, 2.75) is 56.5 Å². The highest BCUT2D eigenvalue weighted by molar-refractivity contribution is 7.92. The molecule has 65 heavy (non-hydrogen) atoms. The quantitative estimate of drug-likeness (QED) is 0.116. The van der Waals surface area contributed by atoms with Gasteiger partial charge in [-0.05, 0) is 66.4 Å². The van der Waals surface area contributed by atoms with Crippen molar-refractivity contribution in [1.29, 1.82) is 0 Å². The van der Waals surface area contributed by atoms with Gasteiger partial charge in [0, 0.05) is 43.5 Å². The number of aryl methyl sites for hydroxylation is 1. The van der Waals surface area contributed by atoms with E-state index in [-0.39, 0.29) is 73.0 Å². The molecule has 1 amide bonds. The molecule has 7 aromatic rings. The summed E-state index contributed by atoms with van der Waals surface area (Å²) in [4.78, 5) is 38.1. The molecule has 2 aliphatic rings. The van der Waals surface area contributed by atoms with Crippen LogP contribution in [0.4, 0.5) is 40.9 Å². The zero-order valence-electron chi connectivity index (χ0n) is 33.9. The summed E-state index contributed by atoms with van der Waals surface area (Å²) in [6.45, 7) is -0.381. The summed E-state index contributed by atoms with van der Waals surface area (Å²) in [6, 6.07) is 11.5. The standard InChI is InChI=1S/C42H32ClF8N9O4S/c1-41(48,49)30-6-4-5-26(52-30)19-7-8-22-27(14-19)54-39(60(40(22)62)29-10-9-25(43)33-35(29)58(2)56-38(33)57-65(3,63)64)28(13-18-11-20(44)15-21(45)12-18)53-31(61)17-59-36-32(34(55-59)37(46)47)23-16-24(23)42(36,50)51/h4-12,14-15,23-24,28,37H,13,16-17H2,1-3H3,(H,53,61)(H,56,57)/t23-,24+,28-/m0/s1. The number of hydrogen-bond acceptors (Lipinski definition) is 8. The van der Waals surface area contributed by atoms with Crippen molar-refractivity contribution >= 4 is 55.2 Å². The zero-order chi connectivity index (χ0) is 46.7. The van der Waals surface area contributed by atoms with E-state index in [0.29, 0.717) is 17.7 Å². The van der Waals surface area contributed by atoms with E-state index >= 15 is 13.6 Å². The van der Waals surface area contributed by atoms with Crippen LogP contribution in [0.1, 0.15) is 65.8 Å². The Bertz CT molecular complexity index is 3300. The van der Waals surface area contributed by atoms with Gasteiger partial charge in [0.05, 0.1) is 50.5 Å². The summed E-state index contributed by atoms with van der Waals surface area (Å²) < 4.78 is 147. The van der Waals surface area contributed by atoms with E-state index in [0.717, 1.165) is 29.0 Å². The van der Waals surface area contributed by atoms with E-state index < -0.39 is 99.3 Å². The minimum atomic E-state index is -3.96.